The SMILES string of the molecule is COc1ccc(F)c(NC(=O)c2cccnc2NN)c1. The molecule has 0 spiro atoms. The van der Waals surface area contributed by atoms with Crippen molar-refractivity contribution in [2.45, 2.75) is 0 Å². The Kier molecular flexibility index (Phi) is 4.11. The fraction of sp³-hybridized carbons (Fsp3) is 0.0769. The van der Waals surface area contributed by atoms with Crippen molar-refractivity contribution in [3.8, 4) is 5.75 Å². The van der Waals surface area contributed by atoms with Gasteiger partial charge in [-0.15, -0.1) is 0 Å². The number of methoxy groups -OCH3 is 1. The number of rotatable bonds is 4. The van der Waals surface area contributed by atoms with Crippen LogP contribution in [-0.2, 0) is 0 Å². The van der Waals surface area contributed by atoms with Gasteiger partial charge in [0.2, 0.25) is 0 Å². The highest BCUT2D eigenvalue weighted by molar-refractivity contribution is 6.07. The lowest BCUT2D eigenvalue weighted by Gasteiger charge is -2.10. The summed E-state index contributed by atoms with van der Waals surface area (Å²) in [6.45, 7) is 0. The normalized spacial score (nSPS) is 9.95. The topological polar surface area (TPSA) is 89.3 Å². The molecule has 2 rings (SSSR count). The molecule has 0 unspecified atom stereocenters. The molecule has 0 aliphatic heterocycles. The minimum atomic E-state index is -0.565. The van der Waals surface area contributed by atoms with E-state index in [1.165, 1.54) is 37.6 Å². The van der Waals surface area contributed by atoms with Crippen molar-refractivity contribution >= 4 is 17.4 Å². The van der Waals surface area contributed by atoms with Gasteiger partial charge in [-0.3, -0.25) is 4.79 Å². The third-order valence-corrected chi connectivity index (χ3v) is 2.61. The van der Waals surface area contributed by atoms with Crippen LogP contribution < -0.4 is 21.3 Å². The van der Waals surface area contributed by atoms with Crippen LogP contribution in [0.4, 0.5) is 15.9 Å². The number of nitrogens with one attached hydrogen (secondary N) is 2. The number of nitrogens with two attached hydrogens (primary N) is 1. The highest BCUT2D eigenvalue weighted by atomic mass is 19.1. The second kappa shape index (κ2) is 5.98. The summed E-state index contributed by atoms with van der Waals surface area (Å²) in [4.78, 5) is 16.0. The monoisotopic (exact) mass is 276 g/mol. The highest BCUT2D eigenvalue weighted by Crippen LogP contribution is 2.22. The van der Waals surface area contributed by atoms with Crippen molar-refractivity contribution in [3.63, 3.8) is 0 Å². The molecular weight excluding hydrogens is 263 g/mol. The van der Waals surface area contributed by atoms with Crippen LogP contribution in [0.25, 0.3) is 0 Å². The first-order valence-corrected chi connectivity index (χ1v) is 5.72. The van der Waals surface area contributed by atoms with E-state index in [9.17, 15) is 9.18 Å². The summed E-state index contributed by atoms with van der Waals surface area (Å²) in [5.41, 5.74) is 2.53. The zero-order chi connectivity index (χ0) is 14.5. The molecule has 1 heterocycles. The molecular formula is C13H13FN4O2. The number of hydrogen-bond donors (Lipinski definition) is 3. The van der Waals surface area contributed by atoms with Crippen LogP contribution in [0.3, 0.4) is 0 Å². The number of aromatic nitrogens is 1. The molecule has 104 valence electrons. The van der Waals surface area contributed by atoms with Gasteiger partial charge < -0.3 is 15.5 Å². The molecule has 1 aromatic heterocycles. The Hall–Kier alpha value is -2.67. The molecule has 0 aliphatic carbocycles. The van der Waals surface area contributed by atoms with E-state index < -0.39 is 11.7 Å². The standard InChI is InChI=1S/C13H13FN4O2/c1-20-8-4-5-10(14)11(7-8)17-13(19)9-3-2-6-16-12(9)18-15/h2-7H,15H2,1H3,(H,16,18)(H,17,19). The third-order valence-electron chi connectivity index (χ3n) is 2.61. The summed E-state index contributed by atoms with van der Waals surface area (Å²) >= 11 is 0. The van der Waals surface area contributed by atoms with Gasteiger partial charge >= 0.3 is 0 Å². The van der Waals surface area contributed by atoms with Gasteiger partial charge in [-0.25, -0.2) is 15.2 Å². The fourth-order valence-electron chi connectivity index (χ4n) is 1.62. The van der Waals surface area contributed by atoms with Crippen LogP contribution in [0.2, 0.25) is 0 Å². The number of ether oxygens (including phenoxy) is 1. The maximum atomic E-state index is 13.6. The Bertz CT molecular complexity index is 634. The second-order valence-corrected chi connectivity index (χ2v) is 3.84. The Morgan fingerprint density at radius 2 is 2.20 bits per heavy atom. The number of benzene rings is 1. The number of carbonyl (C=O) groups excluding carboxylic acids is 1. The van der Waals surface area contributed by atoms with E-state index in [0.717, 1.165) is 0 Å². The summed E-state index contributed by atoms with van der Waals surface area (Å²) in [5.74, 6) is 4.81. The van der Waals surface area contributed by atoms with Gasteiger partial charge in [0, 0.05) is 12.3 Å². The molecule has 6 nitrogen and oxygen atoms in total. The lowest BCUT2D eigenvalue weighted by molar-refractivity contribution is 0.102. The zero-order valence-electron chi connectivity index (χ0n) is 10.7. The van der Waals surface area contributed by atoms with Gasteiger partial charge in [-0.1, -0.05) is 0 Å². The van der Waals surface area contributed by atoms with E-state index in [0.29, 0.717) is 5.75 Å². The average molecular weight is 276 g/mol. The Labute approximate surface area is 114 Å². The van der Waals surface area contributed by atoms with E-state index in [2.05, 4.69) is 15.7 Å². The molecule has 7 heteroatoms. The van der Waals surface area contributed by atoms with Crippen LogP contribution in [-0.4, -0.2) is 18.0 Å². The number of anilines is 2. The number of hydrogen-bond acceptors (Lipinski definition) is 5. The molecule has 0 saturated carbocycles. The summed E-state index contributed by atoms with van der Waals surface area (Å²) in [6.07, 6.45) is 1.48. The van der Waals surface area contributed by atoms with E-state index in [1.54, 1.807) is 6.07 Å². The first kappa shape index (κ1) is 13.8. The summed E-state index contributed by atoms with van der Waals surface area (Å²) in [7, 11) is 1.45. The van der Waals surface area contributed by atoms with Crippen molar-refractivity contribution in [2.24, 2.45) is 5.84 Å². The van der Waals surface area contributed by atoms with Gasteiger partial charge in [0.25, 0.3) is 5.91 Å². The summed E-state index contributed by atoms with van der Waals surface area (Å²) in [5, 5.41) is 2.45. The molecule has 0 atom stereocenters. The molecule has 2 aromatic rings. The molecule has 0 fully saturated rings. The maximum absolute atomic E-state index is 13.6. The summed E-state index contributed by atoms with van der Waals surface area (Å²) < 4.78 is 18.6. The lowest BCUT2D eigenvalue weighted by atomic mass is 10.2. The quantitative estimate of drug-likeness (QED) is 0.585. The van der Waals surface area contributed by atoms with Crippen LogP contribution in [0.15, 0.2) is 36.5 Å². The Balaban J connectivity index is 2.27. The molecule has 20 heavy (non-hydrogen) atoms. The third kappa shape index (κ3) is 2.83. The predicted molar refractivity (Wildman–Crippen MR) is 73.0 cm³/mol. The lowest BCUT2D eigenvalue weighted by Crippen LogP contribution is -2.18. The number of hydrazine groups is 1. The number of pyridine rings is 1. The number of halogens is 1. The Morgan fingerprint density at radius 3 is 2.90 bits per heavy atom. The Morgan fingerprint density at radius 1 is 1.40 bits per heavy atom. The molecule has 0 radical (unpaired) electrons. The van der Waals surface area contributed by atoms with E-state index >= 15 is 0 Å². The number of carbonyl (C=O) groups is 1. The number of amides is 1. The maximum Gasteiger partial charge on any atom is 0.259 e. The summed E-state index contributed by atoms with van der Waals surface area (Å²) in [6, 6.07) is 7.16. The van der Waals surface area contributed by atoms with Gasteiger partial charge in [-0.05, 0) is 24.3 Å². The molecule has 0 aliphatic rings. The minimum absolute atomic E-state index is 0.0150. The van der Waals surface area contributed by atoms with Crippen molar-refractivity contribution < 1.29 is 13.9 Å². The molecule has 0 saturated heterocycles. The van der Waals surface area contributed by atoms with Crippen molar-refractivity contribution in [2.75, 3.05) is 17.9 Å². The van der Waals surface area contributed by atoms with Gasteiger partial charge in [0.15, 0.2) is 5.82 Å². The number of nitrogens with zero attached hydrogens (tertiary/aromatic N) is 1. The number of nitrogen functional groups attached to an aromatic ring is 1. The van der Waals surface area contributed by atoms with Gasteiger partial charge in [-0.2, -0.15) is 0 Å². The zero-order valence-corrected chi connectivity index (χ0v) is 10.7. The first-order chi connectivity index (χ1) is 9.65. The van der Waals surface area contributed by atoms with Crippen molar-refractivity contribution in [1.82, 2.24) is 4.98 Å². The van der Waals surface area contributed by atoms with Crippen LogP contribution >= 0.6 is 0 Å². The van der Waals surface area contributed by atoms with E-state index in [-0.39, 0.29) is 17.1 Å². The first-order valence-electron chi connectivity index (χ1n) is 5.72. The minimum Gasteiger partial charge on any atom is -0.497 e. The van der Waals surface area contributed by atoms with E-state index in [4.69, 9.17) is 10.6 Å². The highest BCUT2D eigenvalue weighted by Gasteiger charge is 2.14. The fourth-order valence-corrected chi connectivity index (χ4v) is 1.62. The largest absolute Gasteiger partial charge is 0.497 e. The van der Waals surface area contributed by atoms with Gasteiger partial charge in [0.05, 0.1) is 18.4 Å². The van der Waals surface area contributed by atoms with Crippen molar-refractivity contribution in [1.29, 1.82) is 0 Å². The van der Waals surface area contributed by atoms with Crippen molar-refractivity contribution in [3.05, 3.63) is 47.9 Å². The predicted octanol–water partition coefficient (Wildman–Crippen LogP) is 1.77. The molecule has 0 bridgehead atoms. The molecule has 4 N–H and O–H groups in total. The molecule has 1 aromatic carbocycles. The van der Waals surface area contributed by atoms with Crippen LogP contribution in [0.5, 0.6) is 5.75 Å². The molecule has 1 amide bonds. The van der Waals surface area contributed by atoms with Gasteiger partial charge in [0.1, 0.15) is 11.6 Å². The second-order valence-electron chi connectivity index (χ2n) is 3.84. The van der Waals surface area contributed by atoms with E-state index in [1.807, 2.05) is 0 Å². The van der Waals surface area contributed by atoms with Crippen LogP contribution in [0.1, 0.15) is 10.4 Å². The smallest absolute Gasteiger partial charge is 0.259 e. The average Bonchev–Trinajstić information content (AvgIpc) is 2.49. The van der Waals surface area contributed by atoms with Crippen LogP contribution in [0, 0.1) is 5.82 Å².